The molecule has 1 N–H and O–H groups in total. The quantitative estimate of drug-likeness (QED) is 0.309. The van der Waals surface area contributed by atoms with Crippen molar-refractivity contribution in [3.63, 3.8) is 0 Å². The zero-order valence-electron chi connectivity index (χ0n) is 20.4. The highest BCUT2D eigenvalue weighted by Crippen LogP contribution is 2.33. The van der Waals surface area contributed by atoms with E-state index in [-0.39, 0.29) is 11.8 Å². The number of piperidine rings is 1. The Labute approximate surface area is 209 Å². The Morgan fingerprint density at radius 2 is 1.89 bits per heavy atom. The lowest BCUT2D eigenvalue weighted by molar-refractivity contribution is -0.132. The van der Waals surface area contributed by atoms with E-state index in [1.165, 1.54) is 10.9 Å². The van der Waals surface area contributed by atoms with E-state index in [1.807, 2.05) is 47.4 Å². The van der Waals surface area contributed by atoms with Gasteiger partial charge in [0, 0.05) is 36.1 Å². The van der Waals surface area contributed by atoms with E-state index in [2.05, 4.69) is 35.3 Å². The molecule has 1 aliphatic rings. The number of para-hydroxylation sites is 3. The van der Waals surface area contributed by atoms with Crippen LogP contribution >= 0.6 is 0 Å². The van der Waals surface area contributed by atoms with E-state index in [1.54, 1.807) is 7.11 Å². The number of aryl methyl sites for hydroxylation is 1. The molecule has 6 rings (SSSR count). The van der Waals surface area contributed by atoms with Crippen LogP contribution < -0.4 is 4.74 Å². The summed E-state index contributed by atoms with van der Waals surface area (Å²) >= 11 is 0. The van der Waals surface area contributed by atoms with E-state index in [0.29, 0.717) is 19.4 Å². The van der Waals surface area contributed by atoms with Crippen LogP contribution in [0.4, 0.5) is 0 Å². The Balaban J connectivity index is 1.20. The van der Waals surface area contributed by atoms with Gasteiger partial charge in [0.2, 0.25) is 5.91 Å². The summed E-state index contributed by atoms with van der Waals surface area (Å²) in [5.41, 5.74) is 6.09. The lowest BCUT2D eigenvalue weighted by atomic mass is 9.96. The summed E-state index contributed by atoms with van der Waals surface area (Å²) in [5, 5.41) is 1.17. The lowest BCUT2D eigenvalue weighted by Crippen LogP contribution is -2.39. The Kier molecular flexibility index (Phi) is 5.93. The second-order valence-electron chi connectivity index (χ2n) is 9.45. The normalized spacial score (nSPS) is 16.0. The average Bonchev–Trinajstić information content (AvgIpc) is 3.54. The third-order valence-electron chi connectivity index (χ3n) is 7.21. The number of nitrogens with zero attached hydrogens (tertiary/aromatic N) is 2. The van der Waals surface area contributed by atoms with Crippen LogP contribution in [0, 0.1) is 0 Å². The third kappa shape index (κ3) is 4.24. The van der Waals surface area contributed by atoms with Gasteiger partial charge in [0.15, 0.2) is 11.5 Å². The maximum atomic E-state index is 13.4. The SMILES string of the molecule is COc1ccc(-c2[nH]c3ccccc3c2CCC(=O)N2CCCC(c3nc4ccccc4o3)C2)cc1. The number of H-pyrrole nitrogens is 1. The number of fused-ring (bicyclic) bond motifs is 2. The number of rotatable bonds is 6. The fourth-order valence-electron chi connectivity index (χ4n) is 5.32. The summed E-state index contributed by atoms with van der Waals surface area (Å²) in [4.78, 5) is 23.6. The number of aromatic nitrogens is 2. The van der Waals surface area contributed by atoms with Crippen molar-refractivity contribution in [1.29, 1.82) is 0 Å². The van der Waals surface area contributed by atoms with Gasteiger partial charge in [0.05, 0.1) is 13.0 Å². The average molecular weight is 480 g/mol. The van der Waals surface area contributed by atoms with Crippen LogP contribution in [0.15, 0.2) is 77.2 Å². The molecule has 5 aromatic rings. The van der Waals surface area contributed by atoms with Gasteiger partial charge in [-0.15, -0.1) is 0 Å². The van der Waals surface area contributed by atoms with E-state index in [9.17, 15) is 4.79 Å². The maximum Gasteiger partial charge on any atom is 0.222 e. The summed E-state index contributed by atoms with van der Waals surface area (Å²) in [6.07, 6.45) is 3.08. The van der Waals surface area contributed by atoms with Crippen molar-refractivity contribution in [3.8, 4) is 17.0 Å². The molecule has 0 radical (unpaired) electrons. The van der Waals surface area contributed by atoms with Crippen LogP contribution in [0.1, 0.15) is 36.6 Å². The molecular formula is C30H29N3O3. The number of likely N-dealkylation sites (tertiary alicyclic amines) is 1. The molecule has 1 atom stereocenters. The Morgan fingerprint density at radius 1 is 1.08 bits per heavy atom. The largest absolute Gasteiger partial charge is 0.497 e. The topological polar surface area (TPSA) is 71.4 Å². The predicted octanol–water partition coefficient (Wildman–Crippen LogP) is 6.32. The monoisotopic (exact) mass is 479 g/mol. The number of carbonyl (C=O) groups is 1. The maximum absolute atomic E-state index is 13.4. The van der Waals surface area contributed by atoms with Crippen molar-refractivity contribution in [3.05, 3.63) is 84.3 Å². The zero-order chi connectivity index (χ0) is 24.5. The van der Waals surface area contributed by atoms with E-state index >= 15 is 0 Å². The number of benzene rings is 3. The summed E-state index contributed by atoms with van der Waals surface area (Å²) in [6, 6.07) is 24.2. The first kappa shape index (κ1) is 22.4. The van der Waals surface area contributed by atoms with Gasteiger partial charge in [0.25, 0.3) is 0 Å². The van der Waals surface area contributed by atoms with Crippen LogP contribution in [0.2, 0.25) is 0 Å². The molecular weight excluding hydrogens is 450 g/mol. The zero-order valence-corrected chi connectivity index (χ0v) is 20.4. The molecule has 182 valence electrons. The molecule has 1 unspecified atom stereocenters. The van der Waals surface area contributed by atoms with Gasteiger partial charge < -0.3 is 19.0 Å². The van der Waals surface area contributed by atoms with Gasteiger partial charge in [-0.3, -0.25) is 4.79 Å². The molecule has 2 aromatic heterocycles. The second-order valence-corrected chi connectivity index (χ2v) is 9.45. The number of carbonyl (C=O) groups excluding carboxylic acids is 1. The first-order valence-corrected chi connectivity index (χ1v) is 12.6. The molecule has 1 aliphatic heterocycles. The Morgan fingerprint density at radius 3 is 2.72 bits per heavy atom. The summed E-state index contributed by atoms with van der Waals surface area (Å²) < 4.78 is 11.3. The summed E-state index contributed by atoms with van der Waals surface area (Å²) in [7, 11) is 1.67. The number of hydrogen-bond donors (Lipinski definition) is 1. The standard InChI is InChI=1S/C30H29N3O3/c1-35-22-14-12-20(13-15-22)29-24(23-8-2-3-9-25(23)31-29)16-17-28(34)33-18-6-7-21(19-33)30-32-26-10-4-5-11-27(26)36-30/h2-5,8-15,21,31H,6-7,16-19H2,1H3. The van der Waals surface area contributed by atoms with Crippen molar-refractivity contribution in [1.82, 2.24) is 14.9 Å². The first-order valence-electron chi connectivity index (χ1n) is 12.6. The molecule has 3 heterocycles. The summed E-state index contributed by atoms with van der Waals surface area (Å²) in [5.74, 6) is 1.89. The van der Waals surface area contributed by atoms with Gasteiger partial charge in [0.1, 0.15) is 11.3 Å². The van der Waals surface area contributed by atoms with Gasteiger partial charge in [-0.05, 0) is 72.9 Å². The lowest BCUT2D eigenvalue weighted by Gasteiger charge is -2.31. The third-order valence-corrected chi connectivity index (χ3v) is 7.21. The molecule has 6 heteroatoms. The van der Waals surface area contributed by atoms with E-state index < -0.39 is 0 Å². The highest BCUT2D eigenvalue weighted by Gasteiger charge is 2.28. The molecule has 0 aliphatic carbocycles. The molecule has 3 aromatic carbocycles. The van der Waals surface area contributed by atoms with Crippen LogP contribution in [0.5, 0.6) is 5.75 Å². The number of nitrogens with one attached hydrogen (secondary N) is 1. The minimum atomic E-state index is 0.137. The second kappa shape index (κ2) is 9.53. The number of methoxy groups -OCH3 is 1. The molecule has 6 nitrogen and oxygen atoms in total. The molecule has 1 saturated heterocycles. The fraction of sp³-hybridized carbons (Fsp3) is 0.267. The highest BCUT2D eigenvalue weighted by atomic mass is 16.5. The van der Waals surface area contributed by atoms with Crippen LogP contribution in [-0.4, -0.2) is 41.0 Å². The smallest absolute Gasteiger partial charge is 0.222 e. The van der Waals surface area contributed by atoms with Crippen LogP contribution in [0.3, 0.4) is 0 Å². The van der Waals surface area contributed by atoms with Crippen molar-refractivity contribution in [2.45, 2.75) is 31.6 Å². The van der Waals surface area contributed by atoms with Crippen molar-refractivity contribution in [2.75, 3.05) is 20.2 Å². The minimum Gasteiger partial charge on any atom is -0.497 e. The molecule has 1 amide bonds. The summed E-state index contributed by atoms with van der Waals surface area (Å²) in [6.45, 7) is 1.44. The fourth-order valence-corrected chi connectivity index (χ4v) is 5.32. The van der Waals surface area contributed by atoms with Gasteiger partial charge in [-0.25, -0.2) is 4.98 Å². The number of aromatic amines is 1. The number of oxazole rings is 1. The predicted molar refractivity (Wildman–Crippen MR) is 141 cm³/mol. The Hall–Kier alpha value is -4.06. The number of ether oxygens (including phenoxy) is 1. The van der Waals surface area contributed by atoms with Gasteiger partial charge >= 0.3 is 0 Å². The van der Waals surface area contributed by atoms with Crippen molar-refractivity contribution < 1.29 is 13.9 Å². The molecule has 0 spiro atoms. The highest BCUT2D eigenvalue weighted by molar-refractivity contribution is 5.91. The molecule has 1 fully saturated rings. The molecule has 0 saturated carbocycles. The number of amides is 1. The molecule has 36 heavy (non-hydrogen) atoms. The first-order chi connectivity index (χ1) is 17.7. The van der Waals surface area contributed by atoms with Crippen molar-refractivity contribution >= 4 is 27.9 Å². The minimum absolute atomic E-state index is 0.137. The van der Waals surface area contributed by atoms with Crippen molar-refractivity contribution in [2.24, 2.45) is 0 Å². The molecule has 0 bridgehead atoms. The van der Waals surface area contributed by atoms with E-state index in [0.717, 1.165) is 58.9 Å². The van der Waals surface area contributed by atoms with E-state index in [4.69, 9.17) is 14.1 Å². The Bertz CT molecular complexity index is 1480. The van der Waals surface area contributed by atoms with Gasteiger partial charge in [-0.1, -0.05) is 30.3 Å². The van der Waals surface area contributed by atoms with Crippen LogP contribution in [-0.2, 0) is 11.2 Å². The van der Waals surface area contributed by atoms with Crippen LogP contribution in [0.25, 0.3) is 33.3 Å². The van der Waals surface area contributed by atoms with Gasteiger partial charge in [-0.2, -0.15) is 0 Å². The number of hydrogen-bond acceptors (Lipinski definition) is 4.